The van der Waals surface area contributed by atoms with E-state index in [2.05, 4.69) is 15.9 Å². The van der Waals surface area contributed by atoms with Gasteiger partial charge in [-0.05, 0) is 34.1 Å². The van der Waals surface area contributed by atoms with Crippen LogP contribution in [-0.4, -0.2) is 29.2 Å². The molecule has 1 N–H and O–H groups in total. The van der Waals surface area contributed by atoms with Crippen LogP contribution in [0.3, 0.4) is 0 Å². The summed E-state index contributed by atoms with van der Waals surface area (Å²) in [6, 6.07) is 5.27. The smallest absolute Gasteiger partial charge is 0.313 e. The third-order valence-electron chi connectivity index (χ3n) is 1.60. The van der Waals surface area contributed by atoms with Crippen LogP contribution in [0.2, 0.25) is 5.02 Å². The zero-order chi connectivity index (χ0) is 12.0. The fourth-order valence-corrected chi connectivity index (χ4v) is 2.28. The maximum Gasteiger partial charge on any atom is 0.313 e. The molecule has 0 atom stereocenters. The Hall–Kier alpha value is -0.390. The van der Waals surface area contributed by atoms with Gasteiger partial charge in [-0.15, -0.1) is 11.8 Å². The molecule has 3 nitrogen and oxygen atoms in total. The number of carboxylic acid groups (broad SMARTS) is 1. The van der Waals surface area contributed by atoms with Crippen molar-refractivity contribution in [3.63, 3.8) is 0 Å². The standard InChI is InChI=1S/C10H10BrClO3S/c11-8-5-7(12)1-2-9(8)15-3-4-16-6-10(13)14/h1-2,5H,3-4,6H2,(H,13,14). The molecule has 1 aromatic carbocycles. The Bertz CT molecular complexity index is 373. The van der Waals surface area contributed by atoms with Crippen LogP contribution in [0.5, 0.6) is 5.75 Å². The first kappa shape index (κ1) is 13.7. The van der Waals surface area contributed by atoms with E-state index in [0.717, 1.165) is 4.47 Å². The molecule has 0 radical (unpaired) electrons. The number of thioether (sulfide) groups is 1. The van der Waals surface area contributed by atoms with Crippen molar-refractivity contribution in [2.75, 3.05) is 18.1 Å². The molecule has 0 aliphatic carbocycles. The van der Waals surface area contributed by atoms with Crippen LogP contribution in [0.25, 0.3) is 0 Å². The van der Waals surface area contributed by atoms with Gasteiger partial charge in [0.15, 0.2) is 0 Å². The van der Waals surface area contributed by atoms with E-state index in [-0.39, 0.29) is 5.75 Å². The van der Waals surface area contributed by atoms with E-state index in [4.69, 9.17) is 21.4 Å². The Morgan fingerprint density at radius 2 is 2.31 bits per heavy atom. The number of carbonyl (C=O) groups is 1. The second kappa shape index (κ2) is 7.04. The van der Waals surface area contributed by atoms with Crippen molar-refractivity contribution in [2.24, 2.45) is 0 Å². The summed E-state index contributed by atoms with van der Waals surface area (Å²) in [7, 11) is 0. The highest BCUT2D eigenvalue weighted by Gasteiger charge is 2.02. The highest BCUT2D eigenvalue weighted by molar-refractivity contribution is 9.10. The molecular weight excluding hydrogens is 316 g/mol. The number of halogens is 2. The normalized spacial score (nSPS) is 10.1. The highest BCUT2D eigenvalue weighted by atomic mass is 79.9. The van der Waals surface area contributed by atoms with Gasteiger partial charge in [0.2, 0.25) is 0 Å². The summed E-state index contributed by atoms with van der Waals surface area (Å²) in [5, 5.41) is 9.06. The van der Waals surface area contributed by atoms with E-state index in [0.29, 0.717) is 23.1 Å². The van der Waals surface area contributed by atoms with E-state index < -0.39 is 5.97 Å². The molecule has 0 bridgehead atoms. The van der Waals surface area contributed by atoms with Crippen molar-refractivity contribution in [1.29, 1.82) is 0 Å². The number of carboxylic acids is 1. The maximum atomic E-state index is 10.2. The minimum Gasteiger partial charge on any atom is -0.492 e. The molecule has 0 fully saturated rings. The Balaban J connectivity index is 2.29. The van der Waals surface area contributed by atoms with Gasteiger partial charge in [-0.2, -0.15) is 0 Å². The minimum atomic E-state index is -0.808. The monoisotopic (exact) mass is 324 g/mol. The Kier molecular flexibility index (Phi) is 6.01. The molecule has 88 valence electrons. The Morgan fingerprint density at radius 3 is 2.94 bits per heavy atom. The number of hydrogen-bond donors (Lipinski definition) is 1. The van der Waals surface area contributed by atoms with Crippen molar-refractivity contribution < 1.29 is 14.6 Å². The van der Waals surface area contributed by atoms with Crippen LogP contribution >= 0.6 is 39.3 Å². The van der Waals surface area contributed by atoms with Crippen LogP contribution in [-0.2, 0) is 4.79 Å². The van der Waals surface area contributed by atoms with Crippen LogP contribution in [0.15, 0.2) is 22.7 Å². The van der Waals surface area contributed by atoms with E-state index in [1.54, 1.807) is 18.2 Å². The molecule has 16 heavy (non-hydrogen) atoms. The molecule has 1 aromatic rings. The summed E-state index contributed by atoms with van der Waals surface area (Å²) < 4.78 is 6.25. The zero-order valence-electron chi connectivity index (χ0n) is 8.28. The molecule has 0 amide bonds. The summed E-state index contributed by atoms with van der Waals surface area (Å²) in [4.78, 5) is 10.2. The number of aliphatic carboxylic acids is 1. The lowest BCUT2D eigenvalue weighted by molar-refractivity contribution is -0.133. The van der Waals surface area contributed by atoms with Gasteiger partial charge in [0, 0.05) is 10.8 Å². The van der Waals surface area contributed by atoms with Gasteiger partial charge in [0.05, 0.1) is 16.8 Å². The topological polar surface area (TPSA) is 46.5 Å². The lowest BCUT2D eigenvalue weighted by Gasteiger charge is -2.07. The van der Waals surface area contributed by atoms with Gasteiger partial charge in [0.1, 0.15) is 5.75 Å². The fourth-order valence-electron chi connectivity index (χ4n) is 0.962. The molecule has 0 heterocycles. The van der Waals surface area contributed by atoms with Gasteiger partial charge in [-0.3, -0.25) is 4.79 Å². The molecular formula is C10H10BrClO3S. The van der Waals surface area contributed by atoms with Crippen LogP contribution in [0.4, 0.5) is 0 Å². The molecule has 0 aromatic heterocycles. The quantitative estimate of drug-likeness (QED) is 0.815. The molecule has 0 unspecified atom stereocenters. The molecule has 0 saturated carbocycles. The lowest BCUT2D eigenvalue weighted by Crippen LogP contribution is -2.04. The summed E-state index contributed by atoms with van der Waals surface area (Å²) >= 11 is 10.4. The number of rotatable bonds is 6. The third kappa shape index (κ3) is 5.09. The van der Waals surface area contributed by atoms with Crippen LogP contribution < -0.4 is 4.74 Å². The summed E-state index contributed by atoms with van der Waals surface area (Å²) in [5.41, 5.74) is 0. The number of benzene rings is 1. The average Bonchev–Trinajstić information content (AvgIpc) is 2.20. The lowest BCUT2D eigenvalue weighted by atomic mass is 10.3. The fraction of sp³-hybridized carbons (Fsp3) is 0.300. The van der Waals surface area contributed by atoms with Crippen molar-refractivity contribution in [1.82, 2.24) is 0 Å². The SMILES string of the molecule is O=C(O)CSCCOc1ccc(Cl)cc1Br. The summed E-state index contributed by atoms with van der Waals surface area (Å²) in [6.07, 6.45) is 0. The molecule has 0 spiro atoms. The number of hydrogen-bond acceptors (Lipinski definition) is 3. The van der Waals surface area contributed by atoms with E-state index in [9.17, 15) is 4.79 Å². The van der Waals surface area contributed by atoms with Crippen molar-refractivity contribution in [3.8, 4) is 5.75 Å². The Morgan fingerprint density at radius 1 is 1.56 bits per heavy atom. The van der Waals surface area contributed by atoms with E-state index in [1.165, 1.54) is 11.8 Å². The average molecular weight is 326 g/mol. The molecule has 1 rings (SSSR count). The number of ether oxygens (including phenoxy) is 1. The zero-order valence-corrected chi connectivity index (χ0v) is 11.4. The first-order chi connectivity index (χ1) is 7.59. The van der Waals surface area contributed by atoms with Gasteiger partial charge in [0.25, 0.3) is 0 Å². The van der Waals surface area contributed by atoms with Crippen molar-refractivity contribution in [3.05, 3.63) is 27.7 Å². The predicted molar refractivity (Wildman–Crippen MR) is 69.6 cm³/mol. The molecule has 0 saturated heterocycles. The third-order valence-corrected chi connectivity index (χ3v) is 3.37. The van der Waals surface area contributed by atoms with Gasteiger partial charge >= 0.3 is 5.97 Å². The van der Waals surface area contributed by atoms with Crippen LogP contribution in [0.1, 0.15) is 0 Å². The first-order valence-electron chi connectivity index (χ1n) is 4.47. The molecule has 6 heteroatoms. The van der Waals surface area contributed by atoms with Crippen molar-refractivity contribution >= 4 is 45.3 Å². The van der Waals surface area contributed by atoms with E-state index >= 15 is 0 Å². The van der Waals surface area contributed by atoms with Crippen LogP contribution in [0, 0.1) is 0 Å². The first-order valence-corrected chi connectivity index (χ1v) is 6.79. The highest BCUT2D eigenvalue weighted by Crippen LogP contribution is 2.27. The molecule has 0 aliphatic rings. The molecule has 0 aliphatic heterocycles. The summed E-state index contributed by atoms with van der Waals surface area (Å²) in [6.45, 7) is 0.470. The van der Waals surface area contributed by atoms with Gasteiger partial charge in [-0.25, -0.2) is 0 Å². The van der Waals surface area contributed by atoms with Crippen molar-refractivity contribution in [2.45, 2.75) is 0 Å². The summed E-state index contributed by atoms with van der Waals surface area (Å²) in [5.74, 6) is 0.643. The largest absolute Gasteiger partial charge is 0.492 e. The predicted octanol–water partition coefficient (Wildman–Crippen LogP) is 3.30. The van der Waals surface area contributed by atoms with Gasteiger partial charge in [-0.1, -0.05) is 11.6 Å². The minimum absolute atomic E-state index is 0.102. The van der Waals surface area contributed by atoms with Gasteiger partial charge < -0.3 is 9.84 Å². The second-order valence-electron chi connectivity index (χ2n) is 2.87. The van der Waals surface area contributed by atoms with E-state index in [1.807, 2.05) is 0 Å². The Labute approximate surface area is 111 Å². The maximum absolute atomic E-state index is 10.2. The second-order valence-corrected chi connectivity index (χ2v) is 5.27.